The van der Waals surface area contributed by atoms with E-state index in [0.717, 1.165) is 0 Å². The van der Waals surface area contributed by atoms with Crippen LogP contribution in [0, 0.1) is 0 Å². The quantitative estimate of drug-likeness (QED) is 0.430. The van der Waals surface area contributed by atoms with Crippen LogP contribution in [0.4, 0.5) is 0 Å². The second-order valence-corrected chi connectivity index (χ2v) is 0. The van der Waals surface area contributed by atoms with E-state index in [0.29, 0.717) is 0 Å². The van der Waals surface area contributed by atoms with Gasteiger partial charge in [-0.25, -0.2) is 0 Å². The summed E-state index contributed by atoms with van der Waals surface area (Å²) in [5, 5.41) is 0. The van der Waals surface area contributed by atoms with Crippen LogP contribution in [0.2, 0.25) is 0 Å². The summed E-state index contributed by atoms with van der Waals surface area (Å²) in [7, 11) is 0. The zero-order chi connectivity index (χ0) is 0. The molecule has 0 N–H and O–H groups in total. The Morgan fingerprint density at radius 2 is 1.00 bits per heavy atom. The van der Waals surface area contributed by atoms with Crippen LogP contribution in [-0.2, 0) is 39.6 Å². The fourth-order valence-electron chi connectivity index (χ4n) is 0. The molecule has 6 radical (unpaired) electrons. The molecule has 28 valence electrons. The molecule has 0 aromatic carbocycles. The second-order valence-electron chi connectivity index (χ2n) is 0. The van der Waals surface area contributed by atoms with E-state index < -0.39 is 0 Å². The zero-order valence-electron chi connectivity index (χ0n) is 1.59. The van der Waals surface area contributed by atoms with Crippen LogP contribution < -0.4 is 0 Å². The van der Waals surface area contributed by atoms with Crippen LogP contribution in [0.25, 0.3) is 0 Å². The van der Waals surface area contributed by atoms with Crippen molar-refractivity contribution in [3.05, 3.63) is 0 Å². The van der Waals surface area contributed by atoms with Crippen molar-refractivity contribution in [3.63, 3.8) is 0 Å². The minimum absolute atomic E-state index is 0. The molecule has 0 fully saturated rings. The third kappa shape index (κ3) is 10.7. The van der Waals surface area contributed by atoms with Crippen molar-refractivity contribution in [3.8, 4) is 0 Å². The molecule has 0 atom stereocenters. The fraction of sp³-hybridized carbons (Fsp3) is 0. The molecule has 1 nitrogen and oxygen atoms in total. The topological polar surface area (TPSA) is 28.5 Å². The van der Waals surface area contributed by atoms with Gasteiger partial charge in [0.05, 0.1) is 0 Å². The summed E-state index contributed by atoms with van der Waals surface area (Å²) in [6, 6.07) is 0. The Balaban J connectivity index is 0. The molecule has 0 unspecified atom stereocenters. The standard InChI is InChI=1S/Cu.Mn.O.Si/q;+2;-2;. The monoisotopic (exact) mass is 162 g/mol. The molecule has 4 heavy (non-hydrogen) atoms. The van der Waals surface area contributed by atoms with Crippen molar-refractivity contribution < 1.29 is 39.6 Å². The number of rotatable bonds is 0. The Morgan fingerprint density at radius 3 is 1.00 bits per heavy atom. The predicted octanol–water partition coefficient (Wildman–Crippen LogP) is -0.505. The van der Waals surface area contributed by atoms with Crippen molar-refractivity contribution in [2.45, 2.75) is 0 Å². The molecule has 0 amide bonds. The normalized spacial score (nSPS) is 0. The average molecular weight is 163 g/mol. The maximum absolute atomic E-state index is 0. The first kappa shape index (κ1) is 62.7. The Labute approximate surface area is 50.8 Å². The SMILES string of the molecule is [Cu].[Mn+2].[O-2].[Si]. The van der Waals surface area contributed by atoms with E-state index in [1.807, 2.05) is 0 Å². The first-order chi connectivity index (χ1) is 0. The third-order valence-corrected chi connectivity index (χ3v) is 0. The van der Waals surface area contributed by atoms with Crippen LogP contribution >= 0.6 is 0 Å². The van der Waals surface area contributed by atoms with Gasteiger partial charge >= 0.3 is 17.1 Å². The Bertz CT molecular complexity index is 8.00. The molecule has 0 saturated heterocycles. The van der Waals surface area contributed by atoms with E-state index in [1.165, 1.54) is 0 Å². The van der Waals surface area contributed by atoms with Crippen LogP contribution in [0.5, 0.6) is 0 Å². The maximum atomic E-state index is 0. The summed E-state index contributed by atoms with van der Waals surface area (Å²) in [4.78, 5) is 0. The van der Waals surface area contributed by atoms with E-state index in [-0.39, 0.29) is 50.6 Å². The van der Waals surface area contributed by atoms with E-state index >= 15 is 0 Å². The summed E-state index contributed by atoms with van der Waals surface area (Å²) >= 11 is 0. The molecule has 0 bridgehead atoms. The van der Waals surface area contributed by atoms with Gasteiger partial charge in [-0.15, -0.1) is 0 Å². The van der Waals surface area contributed by atoms with Gasteiger partial charge in [0.1, 0.15) is 0 Å². The summed E-state index contributed by atoms with van der Waals surface area (Å²) in [6.45, 7) is 0. The van der Waals surface area contributed by atoms with Crippen LogP contribution in [0.15, 0.2) is 0 Å². The predicted molar refractivity (Wildman–Crippen MR) is 6.44 cm³/mol. The minimum Gasteiger partial charge on any atom is -2.00 e. The molecule has 0 spiro atoms. The van der Waals surface area contributed by atoms with Crippen LogP contribution in [-0.4, -0.2) is 11.0 Å². The molecule has 0 aliphatic rings. The van der Waals surface area contributed by atoms with Gasteiger partial charge in [-0.3, -0.25) is 0 Å². The molecule has 4 heteroatoms. The Morgan fingerprint density at radius 1 is 1.00 bits per heavy atom. The van der Waals surface area contributed by atoms with E-state index in [2.05, 4.69) is 0 Å². The molecular weight excluding hydrogens is 163 g/mol. The van der Waals surface area contributed by atoms with Crippen molar-refractivity contribution >= 4 is 11.0 Å². The van der Waals surface area contributed by atoms with Gasteiger partial charge < -0.3 is 5.48 Å². The summed E-state index contributed by atoms with van der Waals surface area (Å²) in [5.74, 6) is 0. The summed E-state index contributed by atoms with van der Waals surface area (Å²) in [6.07, 6.45) is 0. The first-order valence-corrected chi connectivity index (χ1v) is 0. The van der Waals surface area contributed by atoms with Gasteiger partial charge in [-0.2, -0.15) is 0 Å². The van der Waals surface area contributed by atoms with E-state index in [1.54, 1.807) is 0 Å². The van der Waals surface area contributed by atoms with E-state index in [4.69, 9.17) is 0 Å². The molecule has 0 aliphatic carbocycles. The smallest absolute Gasteiger partial charge is 2.00 e. The fourth-order valence-corrected chi connectivity index (χ4v) is 0. The molecule has 0 aromatic heterocycles. The van der Waals surface area contributed by atoms with Gasteiger partial charge in [-0.05, 0) is 0 Å². The van der Waals surface area contributed by atoms with Crippen molar-refractivity contribution in [2.75, 3.05) is 0 Å². The zero-order valence-corrected chi connectivity index (χ0v) is 4.71. The molecule has 0 rings (SSSR count). The second kappa shape index (κ2) is 29.5. The van der Waals surface area contributed by atoms with Gasteiger partial charge in [-0.1, -0.05) is 0 Å². The van der Waals surface area contributed by atoms with Crippen LogP contribution in [0.3, 0.4) is 0 Å². The molecule has 0 heterocycles. The van der Waals surface area contributed by atoms with Crippen molar-refractivity contribution in [1.29, 1.82) is 0 Å². The van der Waals surface area contributed by atoms with Crippen molar-refractivity contribution in [1.82, 2.24) is 0 Å². The average Bonchev–Trinajstić information content (AvgIpc) is 0. The Hall–Kier alpha value is 1.22. The summed E-state index contributed by atoms with van der Waals surface area (Å²) < 4.78 is 0. The number of hydrogen-bond donors (Lipinski definition) is 0. The molecule has 0 aliphatic heterocycles. The van der Waals surface area contributed by atoms with Crippen LogP contribution in [0.1, 0.15) is 0 Å². The summed E-state index contributed by atoms with van der Waals surface area (Å²) in [5.41, 5.74) is 0. The van der Waals surface area contributed by atoms with Gasteiger partial charge in [0, 0.05) is 28.0 Å². The van der Waals surface area contributed by atoms with Gasteiger partial charge in [0.25, 0.3) is 0 Å². The Kier molecular flexibility index (Phi) is 462. The molecule has 0 aromatic rings. The number of hydrogen-bond acceptors (Lipinski definition) is 0. The first-order valence-electron chi connectivity index (χ1n) is 0. The third-order valence-electron chi connectivity index (χ3n) is 0. The van der Waals surface area contributed by atoms with E-state index in [9.17, 15) is 0 Å². The van der Waals surface area contributed by atoms with Crippen molar-refractivity contribution in [2.24, 2.45) is 0 Å². The maximum Gasteiger partial charge on any atom is 2.00 e. The van der Waals surface area contributed by atoms with Gasteiger partial charge in [0.2, 0.25) is 0 Å². The molecule has 0 saturated carbocycles. The van der Waals surface area contributed by atoms with Gasteiger partial charge in [0.15, 0.2) is 0 Å². The largest absolute Gasteiger partial charge is 2.00 e. The minimum atomic E-state index is 0. The molecular formula is CuMnOSi.